The molecule has 0 aliphatic heterocycles. The highest BCUT2D eigenvalue weighted by molar-refractivity contribution is 7.90. The Morgan fingerprint density at radius 1 is 1.17 bits per heavy atom. The summed E-state index contributed by atoms with van der Waals surface area (Å²) in [7, 11) is -1.25. The van der Waals surface area contributed by atoms with E-state index in [4.69, 9.17) is 11.6 Å². The molecule has 0 fully saturated rings. The summed E-state index contributed by atoms with van der Waals surface area (Å²) >= 11 is 6.06. The van der Waals surface area contributed by atoms with Gasteiger partial charge in [-0.05, 0) is 49.4 Å². The van der Waals surface area contributed by atoms with Crippen molar-refractivity contribution >= 4 is 21.4 Å². The second-order valence-electron chi connectivity index (χ2n) is 5.67. The molecular formula is C17H19ClFNO2S. The molecule has 0 spiro atoms. The lowest BCUT2D eigenvalue weighted by atomic mass is 10.1. The Morgan fingerprint density at radius 3 is 2.30 bits per heavy atom. The number of hydrogen-bond acceptors (Lipinski definition) is 3. The van der Waals surface area contributed by atoms with Crippen molar-refractivity contribution < 1.29 is 12.8 Å². The highest BCUT2D eigenvalue weighted by Crippen LogP contribution is 2.25. The number of sulfone groups is 1. The molecule has 0 unspecified atom stereocenters. The molecule has 124 valence electrons. The highest BCUT2D eigenvalue weighted by Gasteiger charge is 2.15. The third kappa shape index (κ3) is 4.53. The van der Waals surface area contributed by atoms with Crippen LogP contribution in [0.15, 0.2) is 47.4 Å². The monoisotopic (exact) mass is 355 g/mol. The minimum atomic E-state index is -3.19. The molecule has 0 N–H and O–H groups in total. The molecule has 0 saturated heterocycles. The molecular weight excluding hydrogens is 337 g/mol. The smallest absolute Gasteiger partial charge is 0.175 e. The van der Waals surface area contributed by atoms with Crippen LogP contribution in [0, 0.1) is 5.82 Å². The van der Waals surface area contributed by atoms with Crippen LogP contribution in [0.3, 0.4) is 0 Å². The van der Waals surface area contributed by atoms with Gasteiger partial charge in [-0.25, -0.2) is 12.8 Å². The van der Waals surface area contributed by atoms with E-state index in [1.165, 1.54) is 18.4 Å². The first kappa shape index (κ1) is 17.9. The molecule has 0 amide bonds. The van der Waals surface area contributed by atoms with E-state index in [1.807, 2.05) is 26.1 Å². The molecule has 0 heterocycles. The minimum absolute atomic E-state index is 0.0599. The van der Waals surface area contributed by atoms with Gasteiger partial charge in [-0.2, -0.15) is 0 Å². The van der Waals surface area contributed by atoms with Crippen LogP contribution >= 0.6 is 11.6 Å². The van der Waals surface area contributed by atoms with E-state index in [0.29, 0.717) is 16.5 Å². The molecule has 0 aliphatic rings. The predicted octanol–water partition coefficient (Wildman–Crippen LogP) is 4.08. The minimum Gasteiger partial charge on any atom is -0.295 e. The van der Waals surface area contributed by atoms with Crippen LogP contribution in [0.1, 0.15) is 24.1 Å². The summed E-state index contributed by atoms with van der Waals surface area (Å²) in [6.45, 7) is 2.58. The Morgan fingerprint density at radius 2 is 1.78 bits per heavy atom. The van der Waals surface area contributed by atoms with E-state index in [0.717, 1.165) is 11.1 Å². The zero-order chi connectivity index (χ0) is 17.2. The van der Waals surface area contributed by atoms with Crippen molar-refractivity contribution in [3.05, 3.63) is 64.4 Å². The third-order valence-electron chi connectivity index (χ3n) is 3.89. The van der Waals surface area contributed by atoms with Crippen molar-refractivity contribution in [1.82, 2.24) is 4.90 Å². The second-order valence-corrected chi connectivity index (χ2v) is 8.09. The first-order valence-electron chi connectivity index (χ1n) is 7.12. The van der Waals surface area contributed by atoms with Gasteiger partial charge in [0.15, 0.2) is 9.84 Å². The normalized spacial score (nSPS) is 13.3. The van der Waals surface area contributed by atoms with E-state index >= 15 is 0 Å². The molecule has 1 atom stereocenters. The molecule has 2 aromatic carbocycles. The van der Waals surface area contributed by atoms with Crippen LogP contribution in [-0.4, -0.2) is 26.6 Å². The number of hydrogen-bond donors (Lipinski definition) is 0. The summed E-state index contributed by atoms with van der Waals surface area (Å²) in [4.78, 5) is 2.37. The Hall–Kier alpha value is -1.43. The molecule has 23 heavy (non-hydrogen) atoms. The largest absolute Gasteiger partial charge is 0.295 e. The summed E-state index contributed by atoms with van der Waals surface area (Å²) in [6, 6.07) is 11.3. The molecule has 0 bridgehead atoms. The molecule has 2 aromatic rings. The Labute approximate surface area is 141 Å². The first-order valence-corrected chi connectivity index (χ1v) is 9.39. The van der Waals surface area contributed by atoms with Crippen molar-refractivity contribution in [1.29, 1.82) is 0 Å². The molecule has 3 nitrogen and oxygen atoms in total. The number of nitrogens with zero attached hydrogens (tertiary/aromatic N) is 1. The van der Waals surface area contributed by atoms with E-state index in [2.05, 4.69) is 4.90 Å². The third-order valence-corrected chi connectivity index (χ3v) is 5.37. The van der Waals surface area contributed by atoms with Crippen molar-refractivity contribution in [2.45, 2.75) is 24.4 Å². The van der Waals surface area contributed by atoms with E-state index in [9.17, 15) is 12.8 Å². The fourth-order valence-corrected chi connectivity index (χ4v) is 3.16. The molecule has 6 heteroatoms. The molecule has 0 radical (unpaired) electrons. The van der Waals surface area contributed by atoms with Gasteiger partial charge in [0.05, 0.1) is 4.90 Å². The van der Waals surface area contributed by atoms with E-state index in [-0.39, 0.29) is 11.9 Å². The maximum absolute atomic E-state index is 13.1. The maximum atomic E-state index is 13.1. The first-order chi connectivity index (χ1) is 10.7. The average Bonchev–Trinajstić information content (AvgIpc) is 2.48. The van der Waals surface area contributed by atoms with Gasteiger partial charge in [0, 0.05) is 23.9 Å². The molecule has 2 rings (SSSR count). The summed E-state index contributed by atoms with van der Waals surface area (Å²) < 4.78 is 36.1. The lowest BCUT2D eigenvalue weighted by Crippen LogP contribution is -2.22. The maximum Gasteiger partial charge on any atom is 0.175 e. The van der Waals surface area contributed by atoms with E-state index < -0.39 is 9.84 Å². The molecule has 0 saturated carbocycles. The van der Waals surface area contributed by atoms with Gasteiger partial charge < -0.3 is 0 Å². The highest BCUT2D eigenvalue weighted by atomic mass is 35.5. The van der Waals surface area contributed by atoms with Crippen LogP contribution in [0.5, 0.6) is 0 Å². The SMILES string of the molecule is C[C@@H](c1ccc(S(C)(=O)=O)cc1)N(C)Cc1ccc(F)cc1Cl. The van der Waals surface area contributed by atoms with Gasteiger partial charge in [0.2, 0.25) is 0 Å². The van der Waals surface area contributed by atoms with Crippen LogP contribution in [0.25, 0.3) is 0 Å². The van der Waals surface area contributed by atoms with Gasteiger partial charge in [-0.3, -0.25) is 4.90 Å². The van der Waals surface area contributed by atoms with Gasteiger partial charge in [0.1, 0.15) is 5.82 Å². The van der Waals surface area contributed by atoms with Crippen molar-refractivity contribution in [3.63, 3.8) is 0 Å². The number of rotatable bonds is 5. The fourth-order valence-electron chi connectivity index (χ4n) is 2.30. The lowest BCUT2D eigenvalue weighted by Gasteiger charge is -2.25. The zero-order valence-corrected chi connectivity index (χ0v) is 14.8. The van der Waals surface area contributed by atoms with Crippen LogP contribution < -0.4 is 0 Å². The Bertz CT molecular complexity index is 791. The zero-order valence-electron chi connectivity index (χ0n) is 13.3. The summed E-state index contributed by atoms with van der Waals surface area (Å²) in [6.07, 6.45) is 1.19. The quantitative estimate of drug-likeness (QED) is 0.811. The number of benzene rings is 2. The van der Waals surface area contributed by atoms with Gasteiger partial charge in [0.25, 0.3) is 0 Å². The van der Waals surface area contributed by atoms with Crippen molar-refractivity contribution in [2.24, 2.45) is 0 Å². The molecule has 0 aromatic heterocycles. The lowest BCUT2D eigenvalue weighted by molar-refractivity contribution is 0.253. The summed E-state index contributed by atoms with van der Waals surface area (Å²) in [5, 5.41) is 0.400. The Kier molecular flexibility index (Phi) is 5.45. The summed E-state index contributed by atoms with van der Waals surface area (Å²) in [5.41, 5.74) is 1.84. The predicted molar refractivity (Wildman–Crippen MR) is 90.8 cm³/mol. The fraction of sp³-hybridized carbons (Fsp3) is 0.294. The van der Waals surface area contributed by atoms with Gasteiger partial charge in [-0.1, -0.05) is 29.8 Å². The Balaban J connectivity index is 2.14. The van der Waals surface area contributed by atoms with Crippen molar-refractivity contribution in [2.75, 3.05) is 13.3 Å². The second kappa shape index (κ2) is 6.99. The van der Waals surface area contributed by atoms with Crippen LogP contribution in [-0.2, 0) is 16.4 Å². The topological polar surface area (TPSA) is 37.4 Å². The van der Waals surface area contributed by atoms with E-state index in [1.54, 1.807) is 18.2 Å². The number of halogens is 2. The standard InChI is InChI=1S/C17H19ClFNO2S/c1-12(13-5-8-16(9-6-13)23(3,21)22)20(2)11-14-4-7-15(19)10-17(14)18/h4-10,12H,11H2,1-3H3/t12-/m0/s1. The van der Waals surface area contributed by atoms with Crippen LogP contribution in [0.4, 0.5) is 4.39 Å². The van der Waals surface area contributed by atoms with Crippen molar-refractivity contribution in [3.8, 4) is 0 Å². The summed E-state index contributed by atoms with van der Waals surface area (Å²) in [5.74, 6) is -0.356. The average molecular weight is 356 g/mol. The molecule has 0 aliphatic carbocycles. The van der Waals surface area contributed by atoms with Gasteiger partial charge in [-0.15, -0.1) is 0 Å². The van der Waals surface area contributed by atoms with Crippen LogP contribution in [0.2, 0.25) is 5.02 Å². The van der Waals surface area contributed by atoms with Gasteiger partial charge >= 0.3 is 0 Å².